The lowest BCUT2D eigenvalue weighted by atomic mass is 10.0. The second-order valence-electron chi connectivity index (χ2n) is 3.19. The van der Waals surface area contributed by atoms with Gasteiger partial charge in [-0.15, -0.1) is 0 Å². The Kier molecular flexibility index (Phi) is 2.67. The molecule has 1 aromatic rings. The first-order valence-electron chi connectivity index (χ1n) is 4.10. The lowest BCUT2D eigenvalue weighted by molar-refractivity contribution is 0.867. The van der Waals surface area contributed by atoms with Crippen LogP contribution in [0.1, 0.15) is 30.9 Å². The quantitative estimate of drug-likeness (QED) is 0.594. The molecule has 0 spiro atoms. The molecule has 0 fully saturated rings. The topological polar surface area (TPSA) is 28.1 Å². The fraction of sp³-hybridized carbons (Fsp3) is 0.273. The van der Waals surface area contributed by atoms with E-state index in [1.165, 1.54) is 0 Å². The molecule has 0 saturated carbocycles. The van der Waals surface area contributed by atoms with Crippen molar-refractivity contribution in [2.24, 2.45) is 0 Å². The van der Waals surface area contributed by atoms with E-state index in [-0.39, 0.29) is 0 Å². The number of hydrogen-bond acceptors (Lipinski definition) is 1. The third-order valence-electron chi connectivity index (χ3n) is 1.86. The van der Waals surface area contributed by atoms with E-state index >= 15 is 0 Å². The first-order chi connectivity index (χ1) is 6.17. The van der Waals surface area contributed by atoms with E-state index in [2.05, 4.69) is 10.9 Å². The number of nitriles is 1. The van der Waals surface area contributed by atoms with Crippen molar-refractivity contribution in [2.45, 2.75) is 19.8 Å². The number of benzene rings is 1. The highest BCUT2D eigenvalue weighted by atomic mass is 14.6. The molecule has 64 valence electrons. The monoisotopic (exact) mass is 170 g/mol. The summed E-state index contributed by atoms with van der Waals surface area (Å²) in [6, 6.07) is 7.33. The third-order valence-corrected chi connectivity index (χ3v) is 1.86. The smallest absolute Gasteiger partial charge is 0.188 e. The molecule has 2 nitrogen and oxygen atoms in total. The molecule has 0 atom stereocenters. The first-order valence-corrected chi connectivity index (χ1v) is 4.10. The Balaban J connectivity index is 3.27. The van der Waals surface area contributed by atoms with Gasteiger partial charge in [-0.25, -0.2) is 4.85 Å². The van der Waals surface area contributed by atoms with Crippen LogP contribution in [-0.2, 0) is 0 Å². The second kappa shape index (κ2) is 3.74. The maximum atomic E-state index is 8.71. The summed E-state index contributed by atoms with van der Waals surface area (Å²) >= 11 is 0. The van der Waals surface area contributed by atoms with Gasteiger partial charge in [0.05, 0.1) is 12.6 Å². The van der Waals surface area contributed by atoms with Gasteiger partial charge in [0.2, 0.25) is 0 Å². The van der Waals surface area contributed by atoms with Crippen LogP contribution in [0.5, 0.6) is 0 Å². The Hall–Kier alpha value is -1.80. The molecule has 0 amide bonds. The van der Waals surface area contributed by atoms with Crippen LogP contribution in [-0.4, -0.2) is 0 Å². The number of nitrogens with zero attached hydrogens (tertiary/aromatic N) is 2. The average molecular weight is 170 g/mol. The zero-order valence-corrected chi connectivity index (χ0v) is 7.70. The van der Waals surface area contributed by atoms with E-state index in [4.69, 9.17) is 11.8 Å². The highest BCUT2D eigenvalue weighted by molar-refractivity contribution is 5.53. The van der Waals surface area contributed by atoms with E-state index in [1.54, 1.807) is 6.07 Å². The SMILES string of the molecule is [C-]#[N+]c1cc(C#N)cc(C(C)C)c1. The van der Waals surface area contributed by atoms with Crippen LogP contribution in [0.25, 0.3) is 4.85 Å². The summed E-state index contributed by atoms with van der Waals surface area (Å²) in [5.74, 6) is 0.355. The highest BCUT2D eigenvalue weighted by Gasteiger charge is 2.03. The van der Waals surface area contributed by atoms with Gasteiger partial charge < -0.3 is 0 Å². The maximum Gasteiger partial charge on any atom is 0.188 e. The van der Waals surface area contributed by atoms with Crippen molar-refractivity contribution >= 4 is 5.69 Å². The van der Waals surface area contributed by atoms with E-state index in [0.717, 1.165) is 5.56 Å². The molecule has 0 radical (unpaired) electrons. The molecular weight excluding hydrogens is 160 g/mol. The van der Waals surface area contributed by atoms with Crippen LogP contribution in [0.4, 0.5) is 5.69 Å². The van der Waals surface area contributed by atoms with Crippen LogP contribution in [0.15, 0.2) is 18.2 Å². The Labute approximate surface area is 78.3 Å². The summed E-state index contributed by atoms with van der Waals surface area (Å²) in [4.78, 5) is 3.32. The lowest BCUT2D eigenvalue weighted by Gasteiger charge is -2.05. The van der Waals surface area contributed by atoms with Crippen molar-refractivity contribution in [1.82, 2.24) is 0 Å². The zero-order chi connectivity index (χ0) is 9.84. The minimum atomic E-state index is 0.355. The van der Waals surface area contributed by atoms with Gasteiger partial charge in [0.25, 0.3) is 0 Å². The molecule has 0 N–H and O–H groups in total. The molecule has 0 saturated heterocycles. The standard InChI is InChI=1S/C11H10N2/c1-8(2)10-4-9(7-12)5-11(6-10)13-3/h4-6,8H,1-2H3. The van der Waals surface area contributed by atoms with Gasteiger partial charge >= 0.3 is 0 Å². The Morgan fingerprint density at radius 3 is 2.54 bits per heavy atom. The van der Waals surface area contributed by atoms with Crippen LogP contribution in [0.2, 0.25) is 0 Å². The summed E-state index contributed by atoms with van der Waals surface area (Å²) < 4.78 is 0. The van der Waals surface area contributed by atoms with Crippen LogP contribution < -0.4 is 0 Å². The van der Waals surface area contributed by atoms with Crippen molar-refractivity contribution in [3.05, 3.63) is 40.7 Å². The summed E-state index contributed by atoms with van der Waals surface area (Å²) in [6.45, 7) is 11.0. The van der Waals surface area contributed by atoms with Gasteiger partial charge in [-0.05, 0) is 18.1 Å². The molecule has 0 aliphatic rings. The normalized spacial score (nSPS) is 9.31. The largest absolute Gasteiger partial charge is 0.238 e. The summed E-state index contributed by atoms with van der Waals surface area (Å²) in [6.07, 6.45) is 0. The molecule has 0 heterocycles. The first kappa shape index (κ1) is 9.29. The molecule has 1 rings (SSSR count). The Bertz CT molecular complexity index is 359. The molecule has 2 heteroatoms. The molecule has 0 unspecified atom stereocenters. The Morgan fingerprint density at radius 2 is 2.08 bits per heavy atom. The van der Waals surface area contributed by atoms with Crippen molar-refractivity contribution in [1.29, 1.82) is 5.26 Å². The van der Waals surface area contributed by atoms with E-state index in [1.807, 2.05) is 26.0 Å². The van der Waals surface area contributed by atoms with Crippen molar-refractivity contribution in [3.8, 4) is 6.07 Å². The van der Waals surface area contributed by atoms with Crippen LogP contribution >= 0.6 is 0 Å². The molecule has 0 bridgehead atoms. The van der Waals surface area contributed by atoms with E-state index in [9.17, 15) is 0 Å². The molecular formula is C11H10N2. The predicted octanol–water partition coefficient (Wildman–Crippen LogP) is 3.23. The number of rotatable bonds is 1. The van der Waals surface area contributed by atoms with Gasteiger partial charge in [-0.3, -0.25) is 0 Å². The molecule has 1 aromatic carbocycles. The summed E-state index contributed by atoms with van der Waals surface area (Å²) in [7, 11) is 0. The van der Waals surface area contributed by atoms with Gasteiger partial charge in [-0.1, -0.05) is 25.5 Å². The van der Waals surface area contributed by atoms with Gasteiger partial charge in [0.1, 0.15) is 0 Å². The summed E-state index contributed by atoms with van der Waals surface area (Å²) in [5, 5.41) is 8.71. The zero-order valence-electron chi connectivity index (χ0n) is 7.70. The van der Waals surface area contributed by atoms with Gasteiger partial charge in [0, 0.05) is 5.56 Å². The minimum Gasteiger partial charge on any atom is -0.238 e. The third kappa shape index (κ3) is 2.07. The number of hydrogen-bond donors (Lipinski definition) is 0. The molecule has 13 heavy (non-hydrogen) atoms. The molecule has 0 aromatic heterocycles. The minimum absolute atomic E-state index is 0.355. The molecule has 0 aliphatic heterocycles. The van der Waals surface area contributed by atoms with E-state index < -0.39 is 0 Å². The Morgan fingerprint density at radius 1 is 1.38 bits per heavy atom. The van der Waals surface area contributed by atoms with Crippen LogP contribution in [0, 0.1) is 17.9 Å². The van der Waals surface area contributed by atoms with Crippen molar-refractivity contribution in [2.75, 3.05) is 0 Å². The average Bonchev–Trinajstić information content (AvgIpc) is 2.16. The van der Waals surface area contributed by atoms with Crippen molar-refractivity contribution < 1.29 is 0 Å². The summed E-state index contributed by atoms with van der Waals surface area (Å²) in [5.41, 5.74) is 2.16. The lowest BCUT2D eigenvalue weighted by Crippen LogP contribution is -1.87. The van der Waals surface area contributed by atoms with Gasteiger partial charge in [-0.2, -0.15) is 5.26 Å². The highest BCUT2D eigenvalue weighted by Crippen LogP contribution is 2.22. The van der Waals surface area contributed by atoms with Gasteiger partial charge in [0.15, 0.2) is 5.69 Å². The van der Waals surface area contributed by atoms with Crippen molar-refractivity contribution in [3.63, 3.8) is 0 Å². The molecule has 0 aliphatic carbocycles. The fourth-order valence-corrected chi connectivity index (χ4v) is 1.10. The second-order valence-corrected chi connectivity index (χ2v) is 3.19. The maximum absolute atomic E-state index is 8.71. The fourth-order valence-electron chi connectivity index (χ4n) is 1.10. The van der Waals surface area contributed by atoms with Crippen LogP contribution in [0.3, 0.4) is 0 Å². The predicted molar refractivity (Wildman–Crippen MR) is 51.5 cm³/mol. The van der Waals surface area contributed by atoms with E-state index in [0.29, 0.717) is 17.2 Å².